The molecule has 23 heavy (non-hydrogen) atoms. The summed E-state index contributed by atoms with van der Waals surface area (Å²) in [5.41, 5.74) is 3.46. The first-order valence-corrected chi connectivity index (χ1v) is 7.47. The van der Waals surface area contributed by atoms with Crippen LogP contribution in [0.5, 0.6) is 11.5 Å². The molecule has 1 heterocycles. The molecule has 0 fully saturated rings. The van der Waals surface area contributed by atoms with Gasteiger partial charge >= 0.3 is 0 Å². The third-order valence-corrected chi connectivity index (χ3v) is 3.52. The Balaban J connectivity index is 2.05. The van der Waals surface area contributed by atoms with Crippen LogP contribution in [0.2, 0.25) is 0 Å². The highest BCUT2D eigenvalue weighted by atomic mass is 16.5. The maximum absolute atomic E-state index is 12.3. The molecule has 1 N–H and O–H groups in total. The molecule has 2 aromatic rings. The summed E-state index contributed by atoms with van der Waals surface area (Å²) in [5.74, 6) is 1.15. The number of amides is 1. The Morgan fingerprint density at radius 1 is 1.13 bits per heavy atom. The molecule has 0 radical (unpaired) electrons. The molecule has 0 saturated heterocycles. The van der Waals surface area contributed by atoms with Crippen molar-refractivity contribution in [3.8, 4) is 11.5 Å². The normalized spacial score (nSPS) is 11.7. The van der Waals surface area contributed by atoms with E-state index in [0.717, 1.165) is 28.4 Å². The first-order chi connectivity index (χ1) is 10.9. The van der Waals surface area contributed by atoms with Gasteiger partial charge < -0.3 is 14.8 Å². The molecule has 1 unspecified atom stereocenters. The van der Waals surface area contributed by atoms with Gasteiger partial charge in [-0.3, -0.25) is 9.78 Å². The molecule has 122 valence electrons. The number of benzene rings is 1. The number of nitrogens with one attached hydrogen (secondary N) is 1. The lowest BCUT2D eigenvalue weighted by Gasteiger charge is -2.17. The fourth-order valence-corrected chi connectivity index (χ4v) is 2.35. The number of anilines is 1. The lowest BCUT2D eigenvalue weighted by molar-refractivity contribution is -0.122. The summed E-state index contributed by atoms with van der Waals surface area (Å²) in [6, 6.07) is 9.06. The third-order valence-electron chi connectivity index (χ3n) is 3.52. The zero-order valence-electron chi connectivity index (χ0n) is 14.1. The van der Waals surface area contributed by atoms with Gasteiger partial charge in [0.25, 0.3) is 5.91 Å². The molecule has 1 aromatic heterocycles. The second-order valence-electron chi connectivity index (χ2n) is 5.47. The quantitative estimate of drug-likeness (QED) is 0.918. The number of hydrogen-bond donors (Lipinski definition) is 1. The van der Waals surface area contributed by atoms with Crippen molar-refractivity contribution < 1.29 is 14.3 Å². The van der Waals surface area contributed by atoms with E-state index >= 15 is 0 Å². The summed E-state index contributed by atoms with van der Waals surface area (Å²) in [7, 11) is 1.60. The number of carbonyl (C=O) groups excluding carboxylic acids is 1. The van der Waals surface area contributed by atoms with Crippen LogP contribution in [-0.2, 0) is 4.79 Å². The van der Waals surface area contributed by atoms with Gasteiger partial charge in [0.2, 0.25) is 0 Å². The van der Waals surface area contributed by atoms with Crippen LogP contribution in [0.3, 0.4) is 0 Å². The number of aryl methyl sites for hydroxylation is 3. The number of rotatable bonds is 5. The number of ether oxygens (including phenoxy) is 2. The van der Waals surface area contributed by atoms with Crippen molar-refractivity contribution >= 4 is 11.6 Å². The maximum atomic E-state index is 12.3. The molecule has 0 aliphatic rings. The Kier molecular flexibility index (Phi) is 5.21. The molecule has 2 rings (SSSR count). The van der Waals surface area contributed by atoms with E-state index in [2.05, 4.69) is 10.3 Å². The highest BCUT2D eigenvalue weighted by Gasteiger charge is 2.17. The summed E-state index contributed by atoms with van der Waals surface area (Å²) in [6.07, 6.45) is -0.622. The summed E-state index contributed by atoms with van der Waals surface area (Å²) in [6.45, 7) is 7.48. The first kappa shape index (κ1) is 16.8. The number of pyridine rings is 1. The number of nitrogens with zero attached hydrogens (tertiary/aromatic N) is 1. The average molecular weight is 314 g/mol. The fourth-order valence-electron chi connectivity index (χ4n) is 2.35. The van der Waals surface area contributed by atoms with E-state index in [9.17, 15) is 4.79 Å². The molecule has 1 aromatic carbocycles. The smallest absolute Gasteiger partial charge is 0.265 e. The van der Waals surface area contributed by atoms with E-state index in [1.165, 1.54) is 0 Å². The molecule has 0 aliphatic carbocycles. The summed E-state index contributed by atoms with van der Waals surface area (Å²) >= 11 is 0. The second-order valence-corrected chi connectivity index (χ2v) is 5.47. The monoisotopic (exact) mass is 314 g/mol. The van der Waals surface area contributed by atoms with Crippen LogP contribution >= 0.6 is 0 Å². The highest BCUT2D eigenvalue weighted by molar-refractivity contribution is 5.95. The first-order valence-electron chi connectivity index (χ1n) is 7.47. The van der Waals surface area contributed by atoms with E-state index < -0.39 is 6.10 Å². The van der Waals surface area contributed by atoms with Crippen LogP contribution in [0, 0.1) is 20.8 Å². The lowest BCUT2D eigenvalue weighted by atomic mass is 10.1. The van der Waals surface area contributed by atoms with Crippen LogP contribution in [0.15, 0.2) is 30.3 Å². The molecule has 0 aliphatic heterocycles. The van der Waals surface area contributed by atoms with E-state index in [0.29, 0.717) is 5.75 Å². The Hall–Kier alpha value is -2.56. The summed E-state index contributed by atoms with van der Waals surface area (Å²) in [5, 5.41) is 2.90. The molecule has 0 bridgehead atoms. The van der Waals surface area contributed by atoms with Crippen LogP contribution in [0.25, 0.3) is 0 Å². The van der Waals surface area contributed by atoms with E-state index in [4.69, 9.17) is 9.47 Å². The minimum absolute atomic E-state index is 0.210. The van der Waals surface area contributed by atoms with Crippen LogP contribution in [0.4, 0.5) is 5.69 Å². The van der Waals surface area contributed by atoms with Gasteiger partial charge in [-0.1, -0.05) is 0 Å². The van der Waals surface area contributed by atoms with Crippen LogP contribution < -0.4 is 14.8 Å². The Morgan fingerprint density at radius 3 is 2.30 bits per heavy atom. The predicted octanol–water partition coefficient (Wildman–Crippen LogP) is 3.42. The van der Waals surface area contributed by atoms with Crippen molar-refractivity contribution in [1.82, 2.24) is 4.98 Å². The SMILES string of the molecule is COc1ccc(OC(C)C(=O)Nc2c(C)cc(C)nc2C)cc1. The standard InChI is InChI=1S/C18H22N2O3/c1-11-10-12(2)19-13(3)17(11)20-18(21)14(4)23-16-8-6-15(22-5)7-9-16/h6-10,14H,1-5H3,(H,20,21). The van der Waals surface area contributed by atoms with Crippen molar-refractivity contribution in [2.24, 2.45) is 0 Å². The zero-order valence-corrected chi connectivity index (χ0v) is 14.1. The molecule has 5 nitrogen and oxygen atoms in total. The average Bonchev–Trinajstić information content (AvgIpc) is 2.51. The number of carbonyl (C=O) groups is 1. The summed E-state index contributed by atoms with van der Waals surface area (Å²) in [4.78, 5) is 16.7. The van der Waals surface area contributed by atoms with Crippen molar-refractivity contribution in [2.75, 3.05) is 12.4 Å². The van der Waals surface area contributed by atoms with Crippen LogP contribution in [0.1, 0.15) is 23.9 Å². The van der Waals surface area contributed by atoms with Gasteiger partial charge in [0, 0.05) is 5.69 Å². The van der Waals surface area contributed by atoms with Crippen molar-refractivity contribution in [1.29, 1.82) is 0 Å². The van der Waals surface area contributed by atoms with E-state index in [1.54, 1.807) is 38.3 Å². The highest BCUT2D eigenvalue weighted by Crippen LogP contribution is 2.21. The molecule has 0 spiro atoms. The minimum atomic E-state index is -0.622. The van der Waals surface area contributed by atoms with Gasteiger partial charge in [-0.2, -0.15) is 0 Å². The van der Waals surface area contributed by atoms with Crippen LogP contribution in [-0.4, -0.2) is 24.1 Å². The summed E-state index contributed by atoms with van der Waals surface area (Å²) < 4.78 is 10.8. The zero-order chi connectivity index (χ0) is 17.0. The molecule has 5 heteroatoms. The van der Waals surface area contributed by atoms with Crippen molar-refractivity contribution in [2.45, 2.75) is 33.8 Å². The number of methoxy groups -OCH3 is 1. The molecular formula is C18H22N2O3. The number of aromatic nitrogens is 1. The maximum Gasteiger partial charge on any atom is 0.265 e. The molecular weight excluding hydrogens is 292 g/mol. The fraction of sp³-hybridized carbons (Fsp3) is 0.333. The Bertz CT molecular complexity index is 673. The van der Waals surface area contributed by atoms with Gasteiger partial charge in [0.15, 0.2) is 6.10 Å². The van der Waals surface area contributed by atoms with Gasteiger partial charge in [0.1, 0.15) is 11.5 Å². The Labute approximate surface area is 136 Å². The predicted molar refractivity (Wildman–Crippen MR) is 90.2 cm³/mol. The largest absolute Gasteiger partial charge is 0.497 e. The topological polar surface area (TPSA) is 60.5 Å². The molecule has 0 saturated carbocycles. The van der Waals surface area contributed by atoms with E-state index in [-0.39, 0.29) is 5.91 Å². The van der Waals surface area contributed by atoms with Gasteiger partial charge in [-0.05, 0) is 63.6 Å². The minimum Gasteiger partial charge on any atom is -0.497 e. The van der Waals surface area contributed by atoms with Gasteiger partial charge in [-0.25, -0.2) is 0 Å². The number of hydrogen-bond acceptors (Lipinski definition) is 4. The van der Waals surface area contributed by atoms with E-state index in [1.807, 2.05) is 26.8 Å². The molecule has 1 amide bonds. The lowest BCUT2D eigenvalue weighted by Crippen LogP contribution is -2.30. The van der Waals surface area contributed by atoms with Gasteiger partial charge in [0.05, 0.1) is 18.5 Å². The second kappa shape index (κ2) is 7.13. The van der Waals surface area contributed by atoms with Gasteiger partial charge in [-0.15, -0.1) is 0 Å². The third kappa shape index (κ3) is 4.22. The Morgan fingerprint density at radius 2 is 1.74 bits per heavy atom. The molecule has 1 atom stereocenters. The van der Waals surface area contributed by atoms with Crippen molar-refractivity contribution in [3.05, 3.63) is 47.3 Å². The van der Waals surface area contributed by atoms with Crippen molar-refractivity contribution in [3.63, 3.8) is 0 Å².